The Morgan fingerprint density at radius 1 is 1.50 bits per heavy atom. The zero-order chi connectivity index (χ0) is 10.2. The summed E-state index contributed by atoms with van der Waals surface area (Å²) in [5.41, 5.74) is 0. The summed E-state index contributed by atoms with van der Waals surface area (Å²) in [5, 5.41) is 6.37. The number of amides is 1. The zero-order valence-corrected chi connectivity index (χ0v) is 9.66. The molecule has 0 atom stereocenters. The predicted molar refractivity (Wildman–Crippen MR) is 61.7 cm³/mol. The molecule has 0 spiro atoms. The van der Waals surface area contributed by atoms with Crippen molar-refractivity contribution in [2.45, 2.75) is 32.2 Å². The largest absolute Gasteiger partial charge is 0.353 e. The Morgan fingerprint density at radius 3 is 2.86 bits per heavy atom. The van der Waals surface area contributed by atoms with Gasteiger partial charge in [-0.1, -0.05) is 6.92 Å². The van der Waals surface area contributed by atoms with E-state index >= 15 is 0 Å². The minimum Gasteiger partial charge on any atom is -0.353 e. The summed E-state index contributed by atoms with van der Waals surface area (Å²) in [7, 11) is 0. The van der Waals surface area contributed by atoms with Gasteiger partial charge in [0.05, 0.1) is 0 Å². The van der Waals surface area contributed by atoms with Crippen LogP contribution < -0.4 is 10.6 Å². The van der Waals surface area contributed by atoms with Crippen LogP contribution in [-0.4, -0.2) is 36.5 Å². The lowest BCUT2D eigenvalue weighted by Gasteiger charge is -2.23. The highest BCUT2D eigenvalue weighted by atomic mass is 32.2. The van der Waals surface area contributed by atoms with Gasteiger partial charge >= 0.3 is 0 Å². The van der Waals surface area contributed by atoms with E-state index in [1.54, 1.807) is 0 Å². The Kier molecular flexibility index (Phi) is 6.03. The Bertz CT molecular complexity index is 170. The molecule has 0 aliphatic carbocycles. The first-order valence-corrected chi connectivity index (χ1v) is 6.56. The quantitative estimate of drug-likeness (QED) is 0.674. The van der Waals surface area contributed by atoms with Gasteiger partial charge in [-0.25, -0.2) is 0 Å². The summed E-state index contributed by atoms with van der Waals surface area (Å²) in [6.07, 6.45) is 2.82. The molecular formula is C10H20N2OS. The Balaban J connectivity index is 2.06. The van der Waals surface area contributed by atoms with E-state index in [1.165, 1.54) is 0 Å². The van der Waals surface area contributed by atoms with E-state index in [0.717, 1.165) is 37.4 Å². The average Bonchev–Trinajstić information content (AvgIpc) is 2.20. The molecule has 0 radical (unpaired) electrons. The minimum atomic E-state index is 0.220. The molecule has 0 bridgehead atoms. The van der Waals surface area contributed by atoms with E-state index in [-0.39, 0.29) is 5.91 Å². The number of rotatable bonds is 5. The fraction of sp³-hybridized carbons (Fsp3) is 0.900. The number of carbonyl (C=O) groups excluding carboxylic acids is 1. The molecule has 82 valence electrons. The van der Waals surface area contributed by atoms with Crippen LogP contribution in [0.5, 0.6) is 0 Å². The Hall–Kier alpha value is -0.220. The summed E-state index contributed by atoms with van der Waals surface area (Å²) in [4.78, 5) is 11.4. The van der Waals surface area contributed by atoms with Gasteiger partial charge in [0.25, 0.3) is 0 Å². The maximum absolute atomic E-state index is 11.4. The predicted octanol–water partition coefficient (Wildman–Crippen LogP) is 0.998. The molecule has 1 amide bonds. The molecule has 1 aliphatic rings. The molecule has 1 aliphatic heterocycles. The molecule has 1 heterocycles. The number of hydrogen-bond donors (Lipinski definition) is 2. The molecular weight excluding hydrogens is 196 g/mol. The first-order valence-electron chi connectivity index (χ1n) is 5.40. The second kappa shape index (κ2) is 7.12. The van der Waals surface area contributed by atoms with Gasteiger partial charge in [-0.15, -0.1) is 0 Å². The molecule has 0 unspecified atom stereocenters. The highest BCUT2D eigenvalue weighted by molar-refractivity contribution is 7.99. The molecule has 0 saturated carbocycles. The van der Waals surface area contributed by atoms with Crippen molar-refractivity contribution in [3.63, 3.8) is 0 Å². The van der Waals surface area contributed by atoms with Crippen molar-refractivity contribution >= 4 is 17.7 Å². The number of carbonyl (C=O) groups is 1. The third-order valence-corrected chi connectivity index (χ3v) is 3.28. The highest BCUT2D eigenvalue weighted by Crippen LogP contribution is 2.04. The monoisotopic (exact) mass is 216 g/mol. The molecule has 2 N–H and O–H groups in total. The van der Waals surface area contributed by atoms with Gasteiger partial charge in [0.15, 0.2) is 0 Å². The Labute approximate surface area is 90.4 Å². The number of nitrogens with one attached hydrogen (secondary N) is 2. The van der Waals surface area contributed by atoms with Crippen LogP contribution in [0, 0.1) is 0 Å². The molecule has 1 fully saturated rings. The smallest absolute Gasteiger partial charge is 0.221 e. The van der Waals surface area contributed by atoms with Crippen LogP contribution in [0.4, 0.5) is 0 Å². The molecule has 1 rings (SSSR count). The van der Waals surface area contributed by atoms with Gasteiger partial charge in [0.2, 0.25) is 5.91 Å². The normalized spacial score (nSPS) is 18.1. The van der Waals surface area contributed by atoms with Crippen molar-refractivity contribution in [3.05, 3.63) is 0 Å². The van der Waals surface area contributed by atoms with Gasteiger partial charge in [-0.05, 0) is 31.7 Å². The van der Waals surface area contributed by atoms with Gasteiger partial charge in [-0.3, -0.25) is 4.79 Å². The maximum atomic E-state index is 11.4. The number of thioether (sulfide) groups is 1. The fourth-order valence-electron chi connectivity index (χ4n) is 1.58. The standard InChI is InChI=1S/C10H20N2OS/c1-2-14-8-5-10(13)12-9-3-6-11-7-4-9/h9,11H,2-8H2,1H3,(H,12,13). The van der Waals surface area contributed by atoms with Gasteiger partial charge < -0.3 is 10.6 Å². The third-order valence-electron chi connectivity index (χ3n) is 2.38. The topological polar surface area (TPSA) is 41.1 Å². The molecule has 0 aromatic heterocycles. The van der Waals surface area contributed by atoms with Gasteiger partial charge in [-0.2, -0.15) is 11.8 Å². The number of hydrogen-bond acceptors (Lipinski definition) is 3. The van der Waals surface area contributed by atoms with Gasteiger partial charge in [0.1, 0.15) is 0 Å². The van der Waals surface area contributed by atoms with Crippen molar-refractivity contribution in [2.75, 3.05) is 24.6 Å². The van der Waals surface area contributed by atoms with Crippen LogP contribution in [0.1, 0.15) is 26.2 Å². The lowest BCUT2D eigenvalue weighted by Crippen LogP contribution is -2.42. The van der Waals surface area contributed by atoms with Crippen molar-refractivity contribution in [3.8, 4) is 0 Å². The van der Waals surface area contributed by atoms with Crippen molar-refractivity contribution in [1.29, 1.82) is 0 Å². The SMILES string of the molecule is CCSCCC(=O)NC1CCNCC1. The minimum absolute atomic E-state index is 0.220. The van der Waals surface area contributed by atoms with Crippen molar-refractivity contribution < 1.29 is 4.79 Å². The molecule has 1 saturated heterocycles. The van der Waals surface area contributed by atoms with E-state index in [1.807, 2.05) is 11.8 Å². The molecule has 0 aromatic rings. The van der Waals surface area contributed by atoms with E-state index in [9.17, 15) is 4.79 Å². The summed E-state index contributed by atoms with van der Waals surface area (Å²) in [6.45, 7) is 4.19. The molecule has 3 nitrogen and oxygen atoms in total. The molecule has 4 heteroatoms. The van der Waals surface area contributed by atoms with Crippen LogP contribution >= 0.6 is 11.8 Å². The molecule has 14 heavy (non-hydrogen) atoms. The first kappa shape index (κ1) is 11.9. The van der Waals surface area contributed by atoms with Crippen molar-refractivity contribution in [1.82, 2.24) is 10.6 Å². The van der Waals surface area contributed by atoms with Crippen LogP contribution in [-0.2, 0) is 4.79 Å². The lowest BCUT2D eigenvalue weighted by molar-refractivity contribution is -0.121. The first-order chi connectivity index (χ1) is 6.83. The highest BCUT2D eigenvalue weighted by Gasteiger charge is 2.14. The van der Waals surface area contributed by atoms with Crippen LogP contribution in [0.25, 0.3) is 0 Å². The van der Waals surface area contributed by atoms with E-state index in [0.29, 0.717) is 12.5 Å². The lowest BCUT2D eigenvalue weighted by atomic mass is 10.1. The van der Waals surface area contributed by atoms with Crippen LogP contribution in [0.3, 0.4) is 0 Å². The third kappa shape index (κ3) is 4.86. The Morgan fingerprint density at radius 2 is 2.21 bits per heavy atom. The second-order valence-corrected chi connectivity index (χ2v) is 4.93. The van der Waals surface area contributed by atoms with E-state index in [2.05, 4.69) is 17.6 Å². The maximum Gasteiger partial charge on any atom is 0.221 e. The zero-order valence-electron chi connectivity index (χ0n) is 8.84. The molecule has 0 aromatic carbocycles. The van der Waals surface area contributed by atoms with Crippen LogP contribution in [0.2, 0.25) is 0 Å². The average molecular weight is 216 g/mol. The van der Waals surface area contributed by atoms with Crippen molar-refractivity contribution in [2.24, 2.45) is 0 Å². The number of piperidine rings is 1. The summed E-state index contributed by atoms with van der Waals surface area (Å²) in [5.74, 6) is 2.27. The van der Waals surface area contributed by atoms with E-state index < -0.39 is 0 Å². The fourth-order valence-corrected chi connectivity index (χ4v) is 2.19. The van der Waals surface area contributed by atoms with Gasteiger partial charge in [0, 0.05) is 18.2 Å². The summed E-state index contributed by atoms with van der Waals surface area (Å²) in [6, 6.07) is 0.412. The summed E-state index contributed by atoms with van der Waals surface area (Å²) >= 11 is 1.83. The van der Waals surface area contributed by atoms with E-state index in [4.69, 9.17) is 0 Å². The second-order valence-electron chi connectivity index (χ2n) is 3.54. The summed E-state index contributed by atoms with van der Waals surface area (Å²) < 4.78 is 0. The van der Waals surface area contributed by atoms with Crippen LogP contribution in [0.15, 0.2) is 0 Å².